The van der Waals surface area contributed by atoms with Gasteiger partial charge in [-0.1, -0.05) is 24.3 Å². The van der Waals surface area contributed by atoms with Gasteiger partial charge < -0.3 is 10.0 Å². The highest BCUT2D eigenvalue weighted by Crippen LogP contribution is 2.33. The summed E-state index contributed by atoms with van der Waals surface area (Å²) in [6.07, 6.45) is 1.70. The van der Waals surface area contributed by atoms with E-state index in [1.165, 1.54) is 16.3 Å². The number of aliphatic hydroxyl groups excluding tert-OH is 1. The summed E-state index contributed by atoms with van der Waals surface area (Å²) in [7, 11) is 3.99. The van der Waals surface area contributed by atoms with Crippen LogP contribution in [0.1, 0.15) is 10.6 Å². The molecule has 0 saturated heterocycles. The van der Waals surface area contributed by atoms with Crippen molar-refractivity contribution < 1.29 is 5.11 Å². The SMILES string of the molecule is CN(C)c1ccc(/C=N\N2CC(O)=C(c3nc4ccccc4s3)C2=N)cc1. The Labute approximate surface area is 161 Å². The number of aromatic nitrogens is 1. The van der Waals surface area contributed by atoms with Gasteiger partial charge in [0.15, 0.2) is 5.84 Å². The van der Waals surface area contributed by atoms with E-state index in [0.717, 1.165) is 21.5 Å². The Morgan fingerprint density at radius 2 is 1.93 bits per heavy atom. The van der Waals surface area contributed by atoms with Gasteiger partial charge in [-0.3, -0.25) is 5.41 Å². The summed E-state index contributed by atoms with van der Waals surface area (Å²) < 4.78 is 1.03. The average molecular weight is 377 g/mol. The normalized spacial score (nSPS) is 14.7. The molecule has 1 aliphatic heterocycles. The molecule has 0 unspecified atom stereocenters. The zero-order valence-electron chi connectivity index (χ0n) is 15.0. The molecule has 0 amide bonds. The van der Waals surface area contributed by atoms with Crippen molar-refractivity contribution in [3.05, 3.63) is 64.9 Å². The van der Waals surface area contributed by atoms with Gasteiger partial charge in [-0.15, -0.1) is 11.3 Å². The highest BCUT2D eigenvalue weighted by Gasteiger charge is 2.30. The first-order valence-electron chi connectivity index (χ1n) is 8.49. The molecule has 0 aliphatic carbocycles. The minimum atomic E-state index is 0.124. The highest BCUT2D eigenvalue weighted by atomic mass is 32.1. The quantitative estimate of drug-likeness (QED) is 0.675. The van der Waals surface area contributed by atoms with Crippen molar-refractivity contribution in [3.8, 4) is 0 Å². The molecule has 3 aromatic rings. The lowest BCUT2D eigenvalue weighted by molar-refractivity contribution is 0.358. The molecule has 2 heterocycles. The summed E-state index contributed by atoms with van der Waals surface area (Å²) in [5.74, 6) is 0.284. The second-order valence-electron chi connectivity index (χ2n) is 6.45. The van der Waals surface area contributed by atoms with Crippen molar-refractivity contribution in [3.63, 3.8) is 0 Å². The molecule has 6 nitrogen and oxygen atoms in total. The monoisotopic (exact) mass is 377 g/mol. The van der Waals surface area contributed by atoms with Crippen LogP contribution in [-0.4, -0.2) is 47.8 Å². The van der Waals surface area contributed by atoms with Crippen LogP contribution in [0.5, 0.6) is 0 Å². The fraction of sp³-hybridized carbons (Fsp3) is 0.150. The van der Waals surface area contributed by atoms with Crippen LogP contribution in [0.2, 0.25) is 0 Å². The lowest BCUT2D eigenvalue weighted by Crippen LogP contribution is -2.20. The number of hydrogen-bond acceptors (Lipinski definition) is 6. The maximum atomic E-state index is 10.4. The van der Waals surface area contributed by atoms with E-state index >= 15 is 0 Å². The molecular weight excluding hydrogens is 358 g/mol. The lowest BCUT2D eigenvalue weighted by atomic mass is 10.2. The van der Waals surface area contributed by atoms with Crippen LogP contribution in [0.3, 0.4) is 0 Å². The molecule has 0 atom stereocenters. The van der Waals surface area contributed by atoms with E-state index < -0.39 is 0 Å². The molecule has 0 spiro atoms. The first kappa shape index (κ1) is 17.2. The third kappa shape index (κ3) is 3.29. The van der Waals surface area contributed by atoms with Crippen LogP contribution in [0.4, 0.5) is 5.69 Å². The molecule has 1 aliphatic rings. The van der Waals surface area contributed by atoms with Gasteiger partial charge in [0.2, 0.25) is 0 Å². The molecule has 0 bridgehead atoms. The smallest absolute Gasteiger partial charge is 0.155 e. The van der Waals surface area contributed by atoms with E-state index in [1.807, 2.05) is 67.5 Å². The molecule has 0 saturated carbocycles. The van der Waals surface area contributed by atoms with Gasteiger partial charge in [0, 0.05) is 19.8 Å². The maximum absolute atomic E-state index is 10.4. The number of benzene rings is 2. The van der Waals surface area contributed by atoms with E-state index in [0.29, 0.717) is 10.6 Å². The first-order chi connectivity index (χ1) is 13.0. The van der Waals surface area contributed by atoms with Crippen molar-refractivity contribution in [1.29, 1.82) is 5.41 Å². The molecule has 4 rings (SSSR count). The van der Waals surface area contributed by atoms with Crippen LogP contribution in [-0.2, 0) is 0 Å². The Morgan fingerprint density at radius 1 is 1.19 bits per heavy atom. The zero-order valence-corrected chi connectivity index (χ0v) is 15.9. The minimum absolute atomic E-state index is 0.124. The van der Waals surface area contributed by atoms with Gasteiger partial charge in [-0.05, 0) is 29.8 Å². The number of fused-ring (bicyclic) bond motifs is 1. The minimum Gasteiger partial charge on any atom is -0.509 e. The van der Waals surface area contributed by atoms with Crippen molar-refractivity contribution >= 4 is 44.9 Å². The van der Waals surface area contributed by atoms with Gasteiger partial charge in [-0.2, -0.15) is 5.10 Å². The number of para-hydroxylation sites is 1. The van der Waals surface area contributed by atoms with Crippen LogP contribution >= 0.6 is 11.3 Å². The molecular formula is C20H19N5OS. The van der Waals surface area contributed by atoms with Crippen molar-refractivity contribution in [2.24, 2.45) is 5.10 Å². The summed E-state index contributed by atoms with van der Waals surface area (Å²) in [4.78, 5) is 6.58. The molecule has 2 N–H and O–H groups in total. The number of thiazole rings is 1. The van der Waals surface area contributed by atoms with Crippen LogP contribution in [0.25, 0.3) is 15.8 Å². The number of amidine groups is 1. The molecule has 2 aromatic carbocycles. The van der Waals surface area contributed by atoms with Gasteiger partial charge >= 0.3 is 0 Å². The molecule has 27 heavy (non-hydrogen) atoms. The van der Waals surface area contributed by atoms with E-state index in [-0.39, 0.29) is 18.1 Å². The Kier molecular flexibility index (Phi) is 4.37. The number of rotatable bonds is 4. The molecule has 1 aromatic heterocycles. The highest BCUT2D eigenvalue weighted by molar-refractivity contribution is 7.19. The number of hydrazone groups is 1. The van der Waals surface area contributed by atoms with Gasteiger partial charge in [0.05, 0.1) is 22.0 Å². The zero-order chi connectivity index (χ0) is 19.0. The Hall–Kier alpha value is -3.19. The molecule has 0 radical (unpaired) electrons. The predicted molar refractivity (Wildman–Crippen MR) is 112 cm³/mol. The van der Waals surface area contributed by atoms with Gasteiger partial charge in [0.1, 0.15) is 17.3 Å². The number of hydrogen-bond donors (Lipinski definition) is 2. The Morgan fingerprint density at radius 3 is 2.63 bits per heavy atom. The summed E-state index contributed by atoms with van der Waals surface area (Å²) in [5.41, 5.74) is 3.37. The van der Waals surface area contributed by atoms with Crippen LogP contribution in [0.15, 0.2) is 59.4 Å². The number of nitrogens with zero attached hydrogens (tertiary/aromatic N) is 4. The van der Waals surface area contributed by atoms with E-state index in [9.17, 15) is 5.11 Å². The third-order valence-corrected chi connectivity index (χ3v) is 5.40. The van der Waals surface area contributed by atoms with E-state index in [4.69, 9.17) is 5.41 Å². The average Bonchev–Trinajstić information content (AvgIpc) is 3.20. The number of aliphatic hydroxyl groups is 1. The second kappa shape index (κ2) is 6.85. The fourth-order valence-corrected chi connectivity index (χ4v) is 3.90. The summed E-state index contributed by atoms with van der Waals surface area (Å²) >= 11 is 1.47. The van der Waals surface area contributed by atoms with E-state index in [1.54, 1.807) is 6.21 Å². The van der Waals surface area contributed by atoms with E-state index in [2.05, 4.69) is 10.1 Å². The fourth-order valence-electron chi connectivity index (χ4n) is 2.86. The summed E-state index contributed by atoms with van der Waals surface area (Å²) in [6.45, 7) is 0.177. The lowest BCUT2D eigenvalue weighted by Gasteiger charge is -2.13. The Balaban J connectivity index is 1.54. The summed E-state index contributed by atoms with van der Waals surface area (Å²) in [6, 6.07) is 15.8. The standard InChI is InChI=1S/C20H19N5OS/c1-24(2)14-9-7-13(8-10-14)11-22-25-12-16(26)18(19(25)21)20-23-15-5-3-4-6-17(15)27-20/h3-11,21,26H,12H2,1-2H3/b21-19?,22-11-. The molecule has 0 fully saturated rings. The van der Waals surface area contributed by atoms with Crippen molar-refractivity contribution in [1.82, 2.24) is 9.99 Å². The van der Waals surface area contributed by atoms with Gasteiger partial charge in [0.25, 0.3) is 0 Å². The predicted octanol–water partition coefficient (Wildman–Crippen LogP) is 3.96. The molecule has 7 heteroatoms. The van der Waals surface area contributed by atoms with Crippen molar-refractivity contribution in [2.75, 3.05) is 25.5 Å². The topological polar surface area (TPSA) is 75.8 Å². The summed E-state index contributed by atoms with van der Waals surface area (Å²) in [5, 5.41) is 25.3. The Bertz CT molecular complexity index is 1030. The van der Waals surface area contributed by atoms with Gasteiger partial charge in [-0.25, -0.2) is 9.99 Å². The van der Waals surface area contributed by atoms with Crippen LogP contribution < -0.4 is 4.90 Å². The third-order valence-electron chi connectivity index (χ3n) is 4.35. The number of nitrogens with one attached hydrogen (secondary N) is 1. The maximum Gasteiger partial charge on any atom is 0.155 e. The van der Waals surface area contributed by atoms with Crippen LogP contribution in [0, 0.1) is 5.41 Å². The molecule has 136 valence electrons. The van der Waals surface area contributed by atoms with Crippen molar-refractivity contribution in [2.45, 2.75) is 0 Å². The second-order valence-corrected chi connectivity index (χ2v) is 7.48. The largest absolute Gasteiger partial charge is 0.509 e. The first-order valence-corrected chi connectivity index (χ1v) is 9.30. The number of anilines is 1.